The monoisotopic (exact) mass is 302 g/mol. The number of carboxylic acid groups (broad SMARTS) is 1. The highest BCUT2D eigenvalue weighted by atomic mass is 32.2. The molecule has 3 unspecified atom stereocenters. The van der Waals surface area contributed by atoms with Crippen molar-refractivity contribution in [3.8, 4) is 0 Å². The number of hydrogen-bond donors (Lipinski definition) is 1. The molecule has 0 aromatic carbocycles. The van der Waals surface area contributed by atoms with Gasteiger partial charge in [-0.2, -0.15) is 0 Å². The van der Waals surface area contributed by atoms with E-state index in [0.717, 1.165) is 6.42 Å². The molecular formula is C13H22N2O4S. The van der Waals surface area contributed by atoms with Crippen LogP contribution in [0.25, 0.3) is 0 Å². The molecule has 0 spiro atoms. The van der Waals surface area contributed by atoms with Crippen LogP contribution in [-0.2, 0) is 9.53 Å². The Bertz CT molecular complexity index is 391. The molecule has 3 atom stereocenters. The van der Waals surface area contributed by atoms with Gasteiger partial charge in [-0.1, -0.05) is 13.8 Å². The predicted molar refractivity (Wildman–Crippen MR) is 76.7 cm³/mol. The highest BCUT2D eigenvalue weighted by Gasteiger charge is 2.45. The second kappa shape index (κ2) is 6.22. The van der Waals surface area contributed by atoms with Crippen molar-refractivity contribution in [1.82, 2.24) is 9.80 Å². The fraction of sp³-hybridized carbons (Fsp3) is 0.846. The van der Waals surface area contributed by atoms with Crippen LogP contribution in [0.2, 0.25) is 0 Å². The number of amides is 2. The van der Waals surface area contributed by atoms with Crippen molar-refractivity contribution in [1.29, 1.82) is 0 Å². The number of aliphatic carboxylic acids is 1. The number of thioether (sulfide) groups is 1. The number of likely N-dealkylation sites (tertiary alicyclic amines) is 1. The summed E-state index contributed by atoms with van der Waals surface area (Å²) in [6, 6.07) is -0.887. The van der Waals surface area contributed by atoms with Crippen LogP contribution in [0.5, 0.6) is 0 Å². The molecule has 1 N–H and O–H groups in total. The van der Waals surface area contributed by atoms with Crippen LogP contribution in [0.3, 0.4) is 0 Å². The van der Waals surface area contributed by atoms with Crippen molar-refractivity contribution >= 4 is 23.8 Å². The van der Waals surface area contributed by atoms with E-state index in [2.05, 4.69) is 0 Å². The molecule has 0 aliphatic carbocycles. The van der Waals surface area contributed by atoms with Crippen LogP contribution in [0.4, 0.5) is 4.79 Å². The van der Waals surface area contributed by atoms with Crippen LogP contribution in [0.15, 0.2) is 0 Å². The molecule has 20 heavy (non-hydrogen) atoms. The molecule has 7 heteroatoms. The molecular weight excluding hydrogens is 280 g/mol. The number of carboxylic acids is 1. The molecule has 2 aliphatic heterocycles. The SMILES string of the molecule is COC1CCN(C(=O)N2C(C(=O)O)CSC2C(C)C)C1. The van der Waals surface area contributed by atoms with Crippen LogP contribution in [0, 0.1) is 5.92 Å². The van der Waals surface area contributed by atoms with Gasteiger partial charge in [-0.15, -0.1) is 11.8 Å². The molecule has 2 amide bonds. The van der Waals surface area contributed by atoms with Crippen LogP contribution < -0.4 is 0 Å². The van der Waals surface area contributed by atoms with E-state index in [1.807, 2.05) is 13.8 Å². The second-order valence-corrected chi connectivity index (χ2v) is 6.75. The van der Waals surface area contributed by atoms with Crippen LogP contribution >= 0.6 is 11.8 Å². The van der Waals surface area contributed by atoms with E-state index in [4.69, 9.17) is 4.74 Å². The first-order valence-corrected chi connectivity index (χ1v) is 7.95. The number of rotatable bonds is 3. The van der Waals surface area contributed by atoms with E-state index >= 15 is 0 Å². The zero-order chi connectivity index (χ0) is 14.9. The normalized spacial score (nSPS) is 30.3. The highest BCUT2D eigenvalue weighted by Crippen LogP contribution is 2.35. The fourth-order valence-corrected chi connectivity index (χ4v) is 4.20. The molecule has 2 aliphatic rings. The molecule has 2 fully saturated rings. The van der Waals surface area contributed by atoms with E-state index in [1.54, 1.807) is 28.7 Å². The van der Waals surface area contributed by atoms with Gasteiger partial charge in [0.05, 0.1) is 11.5 Å². The summed E-state index contributed by atoms with van der Waals surface area (Å²) in [5, 5.41) is 9.26. The van der Waals surface area contributed by atoms with Gasteiger partial charge in [-0.05, 0) is 12.3 Å². The summed E-state index contributed by atoms with van der Waals surface area (Å²) < 4.78 is 5.27. The number of nitrogens with zero attached hydrogens (tertiary/aromatic N) is 2. The zero-order valence-corrected chi connectivity index (χ0v) is 12.9. The minimum atomic E-state index is -0.920. The van der Waals surface area contributed by atoms with E-state index in [0.29, 0.717) is 18.8 Å². The standard InChI is InChI=1S/C13H22N2O4S/c1-8(2)11-15(10(7-20-11)12(16)17)13(18)14-5-4-9(6-14)19-3/h8-11H,4-7H2,1-3H3,(H,16,17). The third kappa shape index (κ3) is 2.88. The first-order valence-electron chi connectivity index (χ1n) is 6.90. The number of urea groups is 1. The Labute approximate surface area is 123 Å². The summed E-state index contributed by atoms with van der Waals surface area (Å²) in [5.74, 6) is -0.225. The van der Waals surface area contributed by atoms with E-state index in [-0.39, 0.29) is 23.4 Å². The third-order valence-electron chi connectivity index (χ3n) is 3.86. The molecule has 0 saturated carbocycles. The molecule has 2 saturated heterocycles. The first-order chi connectivity index (χ1) is 9.45. The maximum absolute atomic E-state index is 12.7. The van der Waals surface area contributed by atoms with Gasteiger partial charge in [0.2, 0.25) is 0 Å². The van der Waals surface area contributed by atoms with Crippen molar-refractivity contribution in [2.45, 2.75) is 37.8 Å². The first kappa shape index (κ1) is 15.4. The Balaban J connectivity index is 2.13. The maximum atomic E-state index is 12.7. The zero-order valence-electron chi connectivity index (χ0n) is 12.1. The third-order valence-corrected chi connectivity index (χ3v) is 5.48. The van der Waals surface area contributed by atoms with Crippen molar-refractivity contribution in [2.75, 3.05) is 26.0 Å². The van der Waals surface area contributed by atoms with Crippen molar-refractivity contribution in [3.63, 3.8) is 0 Å². The number of carbonyl (C=O) groups is 2. The van der Waals surface area contributed by atoms with Crippen molar-refractivity contribution < 1.29 is 19.4 Å². The fourth-order valence-electron chi connectivity index (χ4n) is 2.73. The number of hydrogen-bond acceptors (Lipinski definition) is 4. The largest absolute Gasteiger partial charge is 0.480 e. The van der Waals surface area contributed by atoms with Crippen molar-refractivity contribution in [3.05, 3.63) is 0 Å². The molecule has 0 aromatic heterocycles. The van der Waals surface area contributed by atoms with Gasteiger partial charge in [-0.25, -0.2) is 9.59 Å². The second-order valence-electron chi connectivity index (χ2n) is 5.60. The minimum absolute atomic E-state index is 0.0646. The lowest BCUT2D eigenvalue weighted by Gasteiger charge is -2.33. The Morgan fingerprint density at radius 1 is 1.40 bits per heavy atom. The summed E-state index contributed by atoms with van der Waals surface area (Å²) in [6.07, 6.45) is 0.878. The van der Waals surface area contributed by atoms with Crippen LogP contribution in [0.1, 0.15) is 20.3 Å². The Kier molecular flexibility index (Phi) is 4.80. The lowest BCUT2D eigenvalue weighted by Crippen LogP contribution is -2.52. The van der Waals surface area contributed by atoms with E-state index in [9.17, 15) is 14.7 Å². The van der Waals surface area contributed by atoms with E-state index < -0.39 is 12.0 Å². The molecule has 0 radical (unpaired) electrons. The predicted octanol–water partition coefficient (Wildman–Crippen LogP) is 1.31. The average Bonchev–Trinajstić information content (AvgIpc) is 3.04. The molecule has 0 aromatic rings. The van der Waals surface area contributed by atoms with Gasteiger partial charge in [0.25, 0.3) is 0 Å². The molecule has 6 nitrogen and oxygen atoms in total. The maximum Gasteiger partial charge on any atom is 0.327 e. The quantitative estimate of drug-likeness (QED) is 0.851. The van der Waals surface area contributed by atoms with Gasteiger partial charge < -0.3 is 14.7 Å². The number of ether oxygens (including phenoxy) is 1. The lowest BCUT2D eigenvalue weighted by atomic mass is 10.1. The van der Waals surface area contributed by atoms with Crippen LogP contribution in [-0.4, -0.2) is 70.4 Å². The van der Waals surface area contributed by atoms with Gasteiger partial charge in [0.1, 0.15) is 6.04 Å². The Hall–Kier alpha value is -0.950. The van der Waals surface area contributed by atoms with Crippen molar-refractivity contribution in [2.24, 2.45) is 5.92 Å². The number of carbonyl (C=O) groups excluding carboxylic acids is 1. The topological polar surface area (TPSA) is 70.1 Å². The summed E-state index contributed by atoms with van der Waals surface area (Å²) in [5.41, 5.74) is 0. The van der Waals surface area contributed by atoms with Gasteiger partial charge >= 0.3 is 12.0 Å². The summed E-state index contributed by atoms with van der Waals surface area (Å²) in [4.78, 5) is 27.3. The lowest BCUT2D eigenvalue weighted by molar-refractivity contribution is -0.141. The minimum Gasteiger partial charge on any atom is -0.480 e. The van der Waals surface area contributed by atoms with Gasteiger partial charge in [-0.3, -0.25) is 4.90 Å². The summed E-state index contributed by atoms with van der Waals surface area (Å²) in [7, 11) is 1.64. The summed E-state index contributed by atoms with van der Waals surface area (Å²) >= 11 is 1.56. The molecule has 114 valence electrons. The van der Waals surface area contributed by atoms with Gasteiger partial charge in [0, 0.05) is 26.0 Å². The molecule has 0 bridgehead atoms. The smallest absolute Gasteiger partial charge is 0.327 e. The number of methoxy groups -OCH3 is 1. The Morgan fingerprint density at radius 3 is 2.60 bits per heavy atom. The molecule has 2 rings (SSSR count). The average molecular weight is 302 g/mol. The molecule has 2 heterocycles. The Morgan fingerprint density at radius 2 is 2.10 bits per heavy atom. The highest BCUT2D eigenvalue weighted by molar-refractivity contribution is 8.00. The van der Waals surface area contributed by atoms with E-state index in [1.165, 1.54) is 0 Å². The van der Waals surface area contributed by atoms with Gasteiger partial charge in [0.15, 0.2) is 0 Å². The summed E-state index contributed by atoms with van der Waals surface area (Å²) in [6.45, 7) is 5.22.